The van der Waals surface area contributed by atoms with Crippen molar-refractivity contribution >= 4 is 22.4 Å². The molecule has 3 rings (SSSR count). The Morgan fingerprint density at radius 2 is 1.70 bits per heavy atom. The van der Waals surface area contributed by atoms with Gasteiger partial charge in [-0.1, -0.05) is 30.3 Å². The molecule has 96 valence electrons. The van der Waals surface area contributed by atoms with E-state index in [0.717, 1.165) is 5.69 Å². The first-order chi connectivity index (χ1) is 9.79. The van der Waals surface area contributed by atoms with Crippen molar-refractivity contribution in [3.63, 3.8) is 0 Å². The van der Waals surface area contributed by atoms with Crippen LogP contribution in [-0.2, 0) is 0 Å². The normalized spacial score (nSPS) is 10.2. The highest BCUT2D eigenvalue weighted by molar-refractivity contribution is 5.83. The van der Waals surface area contributed by atoms with Crippen LogP contribution in [0.15, 0.2) is 59.4 Å². The number of rotatable bonds is 2. The Kier molecular flexibility index (Phi) is 2.94. The lowest BCUT2D eigenvalue weighted by atomic mass is 10.1. The molecule has 20 heavy (non-hydrogen) atoms. The van der Waals surface area contributed by atoms with Gasteiger partial charge in [0.2, 0.25) is 5.43 Å². The van der Waals surface area contributed by atoms with Gasteiger partial charge in [-0.2, -0.15) is 5.26 Å². The Labute approximate surface area is 115 Å². The molecule has 0 atom stereocenters. The van der Waals surface area contributed by atoms with Gasteiger partial charge >= 0.3 is 0 Å². The van der Waals surface area contributed by atoms with Gasteiger partial charge in [-0.15, -0.1) is 0 Å². The van der Waals surface area contributed by atoms with Gasteiger partial charge in [0.1, 0.15) is 17.5 Å². The average Bonchev–Trinajstić information content (AvgIpc) is 2.49. The minimum Gasteiger partial charge on any atom is -0.341 e. The number of pyridine rings is 1. The SMILES string of the molecule is N#Cc1c(Nc2ccccc2)[nH]c2ccccc2c1=O. The molecular formula is C16H11N3O. The van der Waals surface area contributed by atoms with E-state index in [1.165, 1.54) is 0 Å². The molecule has 0 aliphatic rings. The minimum absolute atomic E-state index is 0.0903. The molecule has 0 saturated carbocycles. The van der Waals surface area contributed by atoms with Gasteiger partial charge in [0.15, 0.2) is 0 Å². The van der Waals surface area contributed by atoms with E-state index in [1.54, 1.807) is 12.1 Å². The molecule has 0 fully saturated rings. The molecule has 2 aromatic carbocycles. The van der Waals surface area contributed by atoms with Crippen LogP contribution in [0.2, 0.25) is 0 Å². The molecule has 0 aliphatic carbocycles. The second-order valence-corrected chi connectivity index (χ2v) is 4.35. The van der Waals surface area contributed by atoms with Crippen molar-refractivity contribution in [2.75, 3.05) is 5.32 Å². The van der Waals surface area contributed by atoms with Crippen LogP contribution in [0.4, 0.5) is 11.5 Å². The zero-order valence-electron chi connectivity index (χ0n) is 10.6. The maximum atomic E-state index is 12.3. The molecule has 3 aromatic rings. The lowest BCUT2D eigenvalue weighted by molar-refractivity contribution is 1.32. The second kappa shape index (κ2) is 4.90. The van der Waals surface area contributed by atoms with E-state index in [0.29, 0.717) is 16.7 Å². The van der Waals surface area contributed by atoms with Crippen molar-refractivity contribution < 1.29 is 0 Å². The first kappa shape index (κ1) is 12.0. The first-order valence-electron chi connectivity index (χ1n) is 6.17. The largest absolute Gasteiger partial charge is 0.341 e. The van der Waals surface area contributed by atoms with E-state index >= 15 is 0 Å². The fourth-order valence-electron chi connectivity index (χ4n) is 2.10. The summed E-state index contributed by atoms with van der Waals surface area (Å²) in [5.74, 6) is 0.419. The molecule has 0 aliphatic heterocycles. The lowest BCUT2D eigenvalue weighted by Crippen LogP contribution is -2.11. The van der Waals surface area contributed by atoms with E-state index in [2.05, 4.69) is 10.3 Å². The number of nitrogens with one attached hydrogen (secondary N) is 2. The van der Waals surface area contributed by atoms with E-state index in [1.807, 2.05) is 48.5 Å². The highest BCUT2D eigenvalue weighted by atomic mass is 16.1. The predicted octanol–water partition coefficient (Wildman–Crippen LogP) is 3.14. The summed E-state index contributed by atoms with van der Waals surface area (Å²) in [6.07, 6.45) is 0. The van der Waals surface area contributed by atoms with Crippen molar-refractivity contribution in [1.82, 2.24) is 4.98 Å². The van der Waals surface area contributed by atoms with Crippen molar-refractivity contribution in [1.29, 1.82) is 5.26 Å². The summed E-state index contributed by atoms with van der Waals surface area (Å²) in [5.41, 5.74) is 1.35. The Hall–Kier alpha value is -3.06. The third-order valence-electron chi connectivity index (χ3n) is 3.06. The topological polar surface area (TPSA) is 68.7 Å². The van der Waals surface area contributed by atoms with Crippen LogP contribution in [-0.4, -0.2) is 4.98 Å². The minimum atomic E-state index is -0.264. The third kappa shape index (κ3) is 2.02. The van der Waals surface area contributed by atoms with Gasteiger partial charge in [0, 0.05) is 11.1 Å². The van der Waals surface area contributed by atoms with Crippen molar-refractivity contribution in [2.24, 2.45) is 0 Å². The van der Waals surface area contributed by atoms with Crippen LogP contribution in [0, 0.1) is 11.3 Å². The van der Waals surface area contributed by atoms with E-state index in [4.69, 9.17) is 0 Å². The summed E-state index contributed by atoms with van der Waals surface area (Å²) in [6.45, 7) is 0. The molecule has 0 saturated heterocycles. The number of nitriles is 1. The van der Waals surface area contributed by atoms with Crippen LogP contribution in [0.1, 0.15) is 5.56 Å². The number of nitrogens with zero attached hydrogens (tertiary/aromatic N) is 1. The number of hydrogen-bond acceptors (Lipinski definition) is 3. The molecule has 1 heterocycles. The van der Waals surface area contributed by atoms with Crippen LogP contribution >= 0.6 is 0 Å². The van der Waals surface area contributed by atoms with Gasteiger partial charge in [0.25, 0.3) is 0 Å². The second-order valence-electron chi connectivity index (χ2n) is 4.35. The number of aromatic amines is 1. The Morgan fingerprint density at radius 3 is 2.45 bits per heavy atom. The lowest BCUT2D eigenvalue weighted by Gasteiger charge is -2.09. The Bertz CT molecular complexity index is 860. The molecule has 1 aromatic heterocycles. The van der Waals surface area contributed by atoms with Crippen LogP contribution in [0.3, 0.4) is 0 Å². The van der Waals surface area contributed by atoms with E-state index < -0.39 is 0 Å². The van der Waals surface area contributed by atoms with Crippen LogP contribution in [0.25, 0.3) is 10.9 Å². The molecule has 0 spiro atoms. The monoisotopic (exact) mass is 261 g/mol. The number of H-pyrrole nitrogens is 1. The zero-order valence-corrected chi connectivity index (χ0v) is 10.6. The average molecular weight is 261 g/mol. The summed E-state index contributed by atoms with van der Waals surface area (Å²) in [7, 11) is 0. The van der Waals surface area contributed by atoms with Gasteiger partial charge in [-0.25, -0.2) is 0 Å². The van der Waals surface area contributed by atoms with E-state index in [-0.39, 0.29) is 11.0 Å². The number of anilines is 2. The standard InChI is InChI=1S/C16H11N3O/c17-10-13-15(20)12-8-4-5-9-14(12)19-16(13)18-11-6-2-1-3-7-11/h1-9H,(H2,18,19,20). The van der Waals surface area contributed by atoms with Crippen molar-refractivity contribution in [3.8, 4) is 6.07 Å². The van der Waals surface area contributed by atoms with Gasteiger partial charge < -0.3 is 10.3 Å². The van der Waals surface area contributed by atoms with Gasteiger partial charge in [-0.05, 0) is 24.3 Å². The maximum absolute atomic E-state index is 12.3. The Morgan fingerprint density at radius 1 is 1.00 bits per heavy atom. The molecule has 0 bridgehead atoms. The molecule has 2 N–H and O–H groups in total. The summed E-state index contributed by atoms with van der Waals surface area (Å²) < 4.78 is 0. The summed E-state index contributed by atoms with van der Waals surface area (Å²) in [4.78, 5) is 15.4. The number of hydrogen-bond donors (Lipinski definition) is 2. The van der Waals surface area contributed by atoms with Crippen LogP contribution < -0.4 is 10.7 Å². The molecule has 4 heteroatoms. The molecule has 4 nitrogen and oxygen atoms in total. The highest BCUT2D eigenvalue weighted by Gasteiger charge is 2.11. The van der Waals surface area contributed by atoms with Gasteiger partial charge in [0.05, 0.1) is 5.52 Å². The quantitative estimate of drug-likeness (QED) is 0.744. The molecule has 0 unspecified atom stereocenters. The maximum Gasteiger partial charge on any atom is 0.209 e. The predicted molar refractivity (Wildman–Crippen MR) is 79.0 cm³/mol. The summed E-state index contributed by atoms with van der Waals surface area (Å²) in [5, 5.41) is 12.8. The smallest absolute Gasteiger partial charge is 0.209 e. The fraction of sp³-hybridized carbons (Fsp3) is 0. The number of fused-ring (bicyclic) bond motifs is 1. The Balaban J connectivity index is 2.20. The number of aromatic nitrogens is 1. The fourth-order valence-corrected chi connectivity index (χ4v) is 2.10. The van der Waals surface area contributed by atoms with Crippen LogP contribution in [0.5, 0.6) is 0 Å². The van der Waals surface area contributed by atoms with Crippen molar-refractivity contribution in [3.05, 3.63) is 70.4 Å². The first-order valence-corrected chi connectivity index (χ1v) is 6.17. The highest BCUT2D eigenvalue weighted by Crippen LogP contribution is 2.19. The molecule has 0 radical (unpaired) electrons. The number of para-hydroxylation sites is 2. The summed E-state index contributed by atoms with van der Waals surface area (Å²) in [6, 6.07) is 18.5. The van der Waals surface area contributed by atoms with Gasteiger partial charge in [-0.3, -0.25) is 4.79 Å². The van der Waals surface area contributed by atoms with E-state index in [9.17, 15) is 10.1 Å². The zero-order chi connectivity index (χ0) is 13.9. The molecular weight excluding hydrogens is 250 g/mol. The van der Waals surface area contributed by atoms with Crippen molar-refractivity contribution in [2.45, 2.75) is 0 Å². The third-order valence-corrected chi connectivity index (χ3v) is 3.06. The summed E-state index contributed by atoms with van der Waals surface area (Å²) >= 11 is 0. The molecule has 0 amide bonds. The number of benzene rings is 2.